The number of nitrogens with zero attached hydrogens (tertiary/aromatic N) is 2. The van der Waals surface area contributed by atoms with E-state index in [2.05, 4.69) is 10.4 Å². The summed E-state index contributed by atoms with van der Waals surface area (Å²) in [4.78, 5) is 12.2. The predicted octanol–water partition coefficient (Wildman–Crippen LogP) is 3.90. The minimum atomic E-state index is -2.79. The van der Waals surface area contributed by atoms with E-state index in [1.807, 2.05) is 19.9 Å². The molecule has 27 heavy (non-hydrogen) atoms. The van der Waals surface area contributed by atoms with Gasteiger partial charge in [-0.05, 0) is 38.5 Å². The molecule has 0 spiro atoms. The van der Waals surface area contributed by atoms with Crippen molar-refractivity contribution in [1.82, 2.24) is 15.1 Å². The molecule has 2 aromatic rings. The number of aromatic nitrogens is 2. The van der Waals surface area contributed by atoms with Gasteiger partial charge in [0.1, 0.15) is 12.2 Å². The maximum atomic E-state index is 12.8. The number of amides is 1. The molecule has 0 radical (unpaired) electrons. The highest BCUT2D eigenvalue weighted by Gasteiger charge is 2.21. The van der Waals surface area contributed by atoms with Gasteiger partial charge >= 0.3 is 0 Å². The number of carbonyl (C=O) groups is 1. The first-order valence-electron chi connectivity index (χ1n) is 8.53. The van der Waals surface area contributed by atoms with Gasteiger partial charge in [0, 0.05) is 6.54 Å². The zero-order valence-electron chi connectivity index (χ0n) is 15.4. The highest BCUT2D eigenvalue weighted by atomic mass is 35.5. The molecule has 0 bridgehead atoms. The molecule has 1 aromatic heterocycles. The number of hydrogen-bond acceptors (Lipinski definition) is 4. The number of rotatable bonds is 9. The zero-order chi connectivity index (χ0) is 20.0. The maximum absolute atomic E-state index is 12.8. The van der Waals surface area contributed by atoms with Gasteiger partial charge in [-0.15, -0.1) is 0 Å². The highest BCUT2D eigenvalue weighted by molar-refractivity contribution is 6.31. The molecular weight excluding hydrogens is 380 g/mol. The molecule has 1 N–H and O–H groups in total. The molecule has 6 nitrogen and oxygen atoms in total. The van der Waals surface area contributed by atoms with Crippen molar-refractivity contribution in [3.8, 4) is 11.5 Å². The molecule has 0 aliphatic carbocycles. The number of ether oxygens (including phenoxy) is 2. The molecular formula is C18H22ClF2N3O3. The molecule has 2 rings (SSSR count). The third-order valence-corrected chi connectivity index (χ3v) is 4.22. The Balaban J connectivity index is 2.01. The van der Waals surface area contributed by atoms with Crippen LogP contribution in [0.5, 0.6) is 11.5 Å². The Morgan fingerprint density at radius 2 is 1.93 bits per heavy atom. The fraction of sp³-hybridized carbons (Fsp3) is 0.444. The normalized spacial score (nSPS) is 10.9. The number of nitrogens with one attached hydrogen (secondary N) is 1. The molecule has 0 aliphatic rings. The molecule has 0 saturated carbocycles. The summed E-state index contributed by atoms with van der Waals surface area (Å²) in [5, 5.41) is 6.32. The lowest BCUT2D eigenvalue weighted by atomic mass is 10.2. The second-order valence-corrected chi connectivity index (χ2v) is 6.04. The number of benzene rings is 1. The number of halogens is 3. The number of carbonyl (C=O) groups excluding carboxylic acids is 1. The summed E-state index contributed by atoms with van der Waals surface area (Å²) in [6.45, 7) is 6.34. The largest absolute Gasteiger partial charge is 0.490 e. The summed E-state index contributed by atoms with van der Waals surface area (Å²) in [7, 11) is 0. The third kappa shape index (κ3) is 5.32. The van der Waals surface area contributed by atoms with E-state index in [-0.39, 0.29) is 24.0 Å². The summed E-state index contributed by atoms with van der Waals surface area (Å²) >= 11 is 5.83. The standard InChI is InChI=1S/C18H22ClF2N3O3/c1-4-26-13-7-6-12(8-14(13)27-5-2)9-22-15(25)10-24-11(3)16(19)17(23-24)18(20)21/h6-8,18H,4-5,9-10H2,1-3H3,(H,22,25). The van der Waals surface area contributed by atoms with Gasteiger partial charge in [-0.1, -0.05) is 17.7 Å². The highest BCUT2D eigenvalue weighted by Crippen LogP contribution is 2.29. The van der Waals surface area contributed by atoms with Crippen LogP contribution >= 0.6 is 11.6 Å². The number of hydrogen-bond donors (Lipinski definition) is 1. The summed E-state index contributed by atoms with van der Waals surface area (Å²) in [5.41, 5.74) is 0.621. The molecule has 0 aliphatic heterocycles. The lowest BCUT2D eigenvalue weighted by molar-refractivity contribution is -0.122. The van der Waals surface area contributed by atoms with Crippen molar-refractivity contribution in [3.63, 3.8) is 0 Å². The fourth-order valence-electron chi connectivity index (χ4n) is 2.44. The van der Waals surface area contributed by atoms with Crippen molar-refractivity contribution in [2.45, 2.75) is 40.3 Å². The summed E-state index contributed by atoms with van der Waals surface area (Å²) in [6, 6.07) is 5.39. The second-order valence-electron chi connectivity index (χ2n) is 5.67. The van der Waals surface area contributed by atoms with Crippen molar-refractivity contribution in [2.75, 3.05) is 13.2 Å². The first-order chi connectivity index (χ1) is 12.9. The van der Waals surface area contributed by atoms with Crippen molar-refractivity contribution in [3.05, 3.63) is 40.2 Å². The molecule has 0 saturated heterocycles. The maximum Gasteiger partial charge on any atom is 0.283 e. The predicted molar refractivity (Wildman–Crippen MR) is 97.6 cm³/mol. The van der Waals surface area contributed by atoms with Gasteiger partial charge in [0.05, 0.1) is 23.9 Å². The second kappa shape index (κ2) is 9.55. The minimum absolute atomic E-state index is 0.120. The van der Waals surface area contributed by atoms with Gasteiger partial charge in [0.25, 0.3) is 6.43 Å². The molecule has 9 heteroatoms. The van der Waals surface area contributed by atoms with Crippen LogP contribution < -0.4 is 14.8 Å². The van der Waals surface area contributed by atoms with Crippen LogP contribution in [0, 0.1) is 6.92 Å². The lowest BCUT2D eigenvalue weighted by Gasteiger charge is -2.13. The Bertz CT molecular complexity index is 796. The fourth-order valence-corrected chi connectivity index (χ4v) is 2.66. The third-order valence-electron chi connectivity index (χ3n) is 3.76. The van der Waals surface area contributed by atoms with Crippen molar-refractivity contribution < 1.29 is 23.0 Å². The van der Waals surface area contributed by atoms with E-state index in [0.29, 0.717) is 30.4 Å². The Labute approximate surface area is 161 Å². The molecule has 0 fully saturated rings. The Morgan fingerprint density at radius 1 is 1.26 bits per heavy atom. The molecule has 1 heterocycles. The van der Waals surface area contributed by atoms with Gasteiger partial charge in [-0.25, -0.2) is 8.78 Å². The number of alkyl halides is 2. The first-order valence-corrected chi connectivity index (χ1v) is 8.91. The van der Waals surface area contributed by atoms with Crippen LogP contribution in [-0.2, 0) is 17.9 Å². The van der Waals surface area contributed by atoms with Crippen LogP contribution in [0.1, 0.15) is 37.2 Å². The van der Waals surface area contributed by atoms with Gasteiger partial charge in [0.15, 0.2) is 11.5 Å². The van der Waals surface area contributed by atoms with E-state index in [4.69, 9.17) is 21.1 Å². The first kappa shape index (κ1) is 21.0. The van der Waals surface area contributed by atoms with E-state index in [1.165, 1.54) is 11.6 Å². The minimum Gasteiger partial charge on any atom is -0.490 e. The average Bonchev–Trinajstić information content (AvgIpc) is 2.91. The Morgan fingerprint density at radius 3 is 2.52 bits per heavy atom. The van der Waals surface area contributed by atoms with E-state index in [9.17, 15) is 13.6 Å². The van der Waals surface area contributed by atoms with Crippen LogP contribution in [0.4, 0.5) is 8.78 Å². The quantitative estimate of drug-likeness (QED) is 0.692. The summed E-state index contributed by atoms with van der Waals surface area (Å²) in [5.74, 6) is 0.864. The Kier molecular flexibility index (Phi) is 7.41. The summed E-state index contributed by atoms with van der Waals surface area (Å²) < 4.78 is 37.9. The molecule has 1 aromatic carbocycles. The van der Waals surface area contributed by atoms with E-state index in [0.717, 1.165) is 5.56 Å². The van der Waals surface area contributed by atoms with E-state index in [1.54, 1.807) is 12.1 Å². The van der Waals surface area contributed by atoms with E-state index < -0.39 is 12.1 Å². The van der Waals surface area contributed by atoms with Crippen LogP contribution in [0.3, 0.4) is 0 Å². The van der Waals surface area contributed by atoms with Crippen LogP contribution in [-0.4, -0.2) is 28.9 Å². The zero-order valence-corrected chi connectivity index (χ0v) is 16.1. The van der Waals surface area contributed by atoms with Gasteiger partial charge in [-0.3, -0.25) is 9.48 Å². The monoisotopic (exact) mass is 401 g/mol. The molecule has 0 atom stereocenters. The molecule has 1 amide bonds. The van der Waals surface area contributed by atoms with Gasteiger partial charge in [-0.2, -0.15) is 5.10 Å². The lowest BCUT2D eigenvalue weighted by Crippen LogP contribution is -2.28. The molecule has 148 valence electrons. The average molecular weight is 402 g/mol. The van der Waals surface area contributed by atoms with Crippen molar-refractivity contribution in [1.29, 1.82) is 0 Å². The molecule has 0 unspecified atom stereocenters. The Hall–Kier alpha value is -2.35. The SMILES string of the molecule is CCOc1ccc(CNC(=O)Cn2nc(C(F)F)c(Cl)c2C)cc1OCC. The van der Waals surface area contributed by atoms with E-state index >= 15 is 0 Å². The topological polar surface area (TPSA) is 65.4 Å². The van der Waals surface area contributed by atoms with Gasteiger partial charge in [0.2, 0.25) is 5.91 Å². The smallest absolute Gasteiger partial charge is 0.283 e. The van der Waals surface area contributed by atoms with Crippen molar-refractivity contribution >= 4 is 17.5 Å². The van der Waals surface area contributed by atoms with Crippen LogP contribution in [0.2, 0.25) is 5.02 Å². The van der Waals surface area contributed by atoms with Crippen LogP contribution in [0.25, 0.3) is 0 Å². The summed E-state index contributed by atoms with van der Waals surface area (Å²) in [6.07, 6.45) is -2.79. The van der Waals surface area contributed by atoms with Crippen LogP contribution in [0.15, 0.2) is 18.2 Å². The van der Waals surface area contributed by atoms with Crippen molar-refractivity contribution in [2.24, 2.45) is 0 Å². The van der Waals surface area contributed by atoms with Gasteiger partial charge < -0.3 is 14.8 Å².